The minimum atomic E-state index is -2.47. The number of rotatable bonds is 1. The number of halogens is 2. The molecule has 72 valence electrons. The average molecular weight is 186 g/mol. The van der Waals surface area contributed by atoms with Crippen molar-refractivity contribution < 1.29 is 8.78 Å². The third-order valence-electron chi connectivity index (χ3n) is 2.52. The van der Waals surface area contributed by atoms with Crippen LogP contribution in [-0.4, -0.2) is 9.97 Å². The molecular weight excluding hydrogens is 174 g/mol. The van der Waals surface area contributed by atoms with Crippen molar-refractivity contribution in [3.63, 3.8) is 0 Å². The molecule has 2 rings (SSSR count). The van der Waals surface area contributed by atoms with E-state index in [1.807, 2.05) is 0 Å². The highest BCUT2D eigenvalue weighted by Gasteiger charge is 2.21. The number of aryl methyl sites for hydroxylation is 1. The van der Waals surface area contributed by atoms with Gasteiger partial charge in [-0.3, -0.25) is 0 Å². The summed E-state index contributed by atoms with van der Waals surface area (Å²) in [5, 5.41) is 0. The zero-order valence-corrected chi connectivity index (χ0v) is 7.48. The van der Waals surface area contributed by atoms with Gasteiger partial charge >= 0.3 is 0 Å². The molecule has 1 atom stereocenters. The first kappa shape index (κ1) is 8.66. The Labute approximate surface area is 75.4 Å². The predicted octanol–water partition coefficient (Wildman–Crippen LogP) is 2.47. The van der Waals surface area contributed by atoms with Gasteiger partial charge in [-0.05, 0) is 25.2 Å². The van der Waals surface area contributed by atoms with E-state index in [4.69, 9.17) is 0 Å². The predicted molar refractivity (Wildman–Crippen MR) is 44.7 cm³/mol. The Morgan fingerprint density at radius 1 is 1.54 bits per heavy atom. The van der Waals surface area contributed by atoms with Crippen LogP contribution in [0.25, 0.3) is 0 Å². The molecule has 0 bridgehead atoms. The van der Waals surface area contributed by atoms with Gasteiger partial charge in [0.05, 0.1) is 5.69 Å². The van der Waals surface area contributed by atoms with Crippen molar-refractivity contribution in [3.05, 3.63) is 17.2 Å². The van der Waals surface area contributed by atoms with Gasteiger partial charge in [0.25, 0.3) is 6.43 Å². The highest BCUT2D eigenvalue weighted by molar-refractivity contribution is 5.18. The number of H-pyrrole nitrogens is 1. The molecule has 0 amide bonds. The SMILES string of the molecule is CC1CCc2nc(C(F)F)[nH]c2C1. The Kier molecular flexibility index (Phi) is 2.06. The Hall–Kier alpha value is -0.930. The van der Waals surface area contributed by atoms with E-state index in [1.54, 1.807) is 0 Å². The first-order valence-corrected chi connectivity index (χ1v) is 4.52. The largest absolute Gasteiger partial charge is 0.341 e. The lowest BCUT2D eigenvalue weighted by Gasteiger charge is -2.15. The van der Waals surface area contributed by atoms with Gasteiger partial charge in [-0.2, -0.15) is 0 Å². The monoisotopic (exact) mass is 186 g/mol. The zero-order chi connectivity index (χ0) is 9.42. The topological polar surface area (TPSA) is 28.7 Å². The average Bonchev–Trinajstić information content (AvgIpc) is 2.46. The molecule has 1 aliphatic rings. The fourth-order valence-corrected chi connectivity index (χ4v) is 1.78. The maximum atomic E-state index is 12.3. The molecule has 4 heteroatoms. The molecule has 13 heavy (non-hydrogen) atoms. The van der Waals surface area contributed by atoms with Gasteiger partial charge < -0.3 is 4.98 Å². The normalized spacial score (nSPS) is 22.0. The fraction of sp³-hybridized carbons (Fsp3) is 0.667. The quantitative estimate of drug-likeness (QED) is 0.717. The number of aromatic nitrogens is 2. The number of nitrogens with one attached hydrogen (secondary N) is 1. The van der Waals surface area contributed by atoms with E-state index < -0.39 is 6.43 Å². The standard InChI is InChI=1S/C9H12F2N2/c1-5-2-3-6-7(4-5)13-9(12-6)8(10)11/h5,8H,2-4H2,1H3,(H,12,13). The smallest absolute Gasteiger partial charge is 0.295 e. The summed E-state index contributed by atoms with van der Waals surface area (Å²) >= 11 is 0. The van der Waals surface area contributed by atoms with Crippen LogP contribution in [0.1, 0.15) is 37.0 Å². The third kappa shape index (κ3) is 1.57. The molecule has 1 heterocycles. The number of imidazole rings is 1. The number of hydrogen-bond acceptors (Lipinski definition) is 1. The second-order valence-electron chi connectivity index (χ2n) is 3.70. The van der Waals surface area contributed by atoms with E-state index in [-0.39, 0.29) is 5.82 Å². The minimum absolute atomic E-state index is 0.167. The van der Waals surface area contributed by atoms with Crippen molar-refractivity contribution in [1.29, 1.82) is 0 Å². The molecular formula is C9H12F2N2. The van der Waals surface area contributed by atoms with E-state index in [9.17, 15) is 8.78 Å². The molecule has 0 saturated heterocycles. The number of nitrogens with zero attached hydrogens (tertiary/aromatic N) is 1. The van der Waals surface area contributed by atoms with Gasteiger partial charge in [0, 0.05) is 5.69 Å². The maximum Gasteiger partial charge on any atom is 0.295 e. The van der Waals surface area contributed by atoms with Gasteiger partial charge in [-0.25, -0.2) is 13.8 Å². The molecule has 0 radical (unpaired) electrons. The van der Waals surface area contributed by atoms with Crippen LogP contribution in [-0.2, 0) is 12.8 Å². The lowest BCUT2D eigenvalue weighted by atomic mass is 9.92. The number of aromatic amines is 1. The van der Waals surface area contributed by atoms with E-state index in [2.05, 4.69) is 16.9 Å². The summed E-state index contributed by atoms with van der Waals surface area (Å²) in [5.74, 6) is 0.414. The van der Waals surface area contributed by atoms with Crippen LogP contribution in [0.2, 0.25) is 0 Å². The van der Waals surface area contributed by atoms with Crippen molar-refractivity contribution in [3.8, 4) is 0 Å². The molecule has 1 aromatic rings. The second kappa shape index (κ2) is 3.09. The molecule has 2 nitrogen and oxygen atoms in total. The van der Waals surface area contributed by atoms with Gasteiger partial charge in [-0.1, -0.05) is 6.92 Å². The number of hydrogen-bond donors (Lipinski definition) is 1. The van der Waals surface area contributed by atoms with Crippen LogP contribution in [0.4, 0.5) is 8.78 Å². The fourth-order valence-electron chi connectivity index (χ4n) is 1.78. The molecule has 0 spiro atoms. The van der Waals surface area contributed by atoms with Crippen molar-refractivity contribution in [2.75, 3.05) is 0 Å². The Balaban J connectivity index is 2.28. The Morgan fingerprint density at radius 2 is 2.31 bits per heavy atom. The van der Waals surface area contributed by atoms with Crippen LogP contribution in [0.5, 0.6) is 0 Å². The van der Waals surface area contributed by atoms with Crippen molar-refractivity contribution in [2.45, 2.75) is 32.6 Å². The molecule has 1 N–H and O–H groups in total. The molecule has 0 saturated carbocycles. The van der Waals surface area contributed by atoms with Gasteiger partial charge in [-0.15, -0.1) is 0 Å². The lowest BCUT2D eigenvalue weighted by molar-refractivity contribution is 0.141. The van der Waals surface area contributed by atoms with Crippen LogP contribution in [0.3, 0.4) is 0 Å². The lowest BCUT2D eigenvalue weighted by Crippen LogP contribution is -2.10. The Morgan fingerprint density at radius 3 is 3.00 bits per heavy atom. The van der Waals surface area contributed by atoms with Crippen LogP contribution in [0.15, 0.2) is 0 Å². The number of fused-ring (bicyclic) bond motifs is 1. The minimum Gasteiger partial charge on any atom is -0.341 e. The van der Waals surface area contributed by atoms with Crippen molar-refractivity contribution in [1.82, 2.24) is 9.97 Å². The van der Waals surface area contributed by atoms with E-state index in [1.165, 1.54) is 0 Å². The van der Waals surface area contributed by atoms with Gasteiger partial charge in [0.1, 0.15) is 0 Å². The summed E-state index contributed by atoms with van der Waals surface area (Å²) in [4.78, 5) is 6.58. The highest BCUT2D eigenvalue weighted by Crippen LogP contribution is 2.26. The summed E-state index contributed by atoms with van der Waals surface area (Å²) < 4.78 is 24.5. The van der Waals surface area contributed by atoms with Gasteiger partial charge in [0.2, 0.25) is 0 Å². The van der Waals surface area contributed by atoms with Crippen LogP contribution in [0, 0.1) is 5.92 Å². The molecule has 0 aliphatic heterocycles. The first-order valence-electron chi connectivity index (χ1n) is 4.52. The second-order valence-corrected chi connectivity index (χ2v) is 3.70. The van der Waals surface area contributed by atoms with Crippen molar-refractivity contribution >= 4 is 0 Å². The zero-order valence-electron chi connectivity index (χ0n) is 7.48. The highest BCUT2D eigenvalue weighted by atomic mass is 19.3. The number of alkyl halides is 2. The van der Waals surface area contributed by atoms with E-state index >= 15 is 0 Å². The maximum absolute atomic E-state index is 12.3. The molecule has 1 aromatic heterocycles. The van der Waals surface area contributed by atoms with E-state index in [0.717, 1.165) is 30.7 Å². The molecule has 0 fully saturated rings. The van der Waals surface area contributed by atoms with Crippen molar-refractivity contribution in [2.24, 2.45) is 5.92 Å². The van der Waals surface area contributed by atoms with Crippen LogP contribution >= 0.6 is 0 Å². The summed E-state index contributed by atoms with van der Waals surface area (Å²) in [6, 6.07) is 0. The summed E-state index contributed by atoms with van der Waals surface area (Å²) in [7, 11) is 0. The summed E-state index contributed by atoms with van der Waals surface area (Å²) in [6.45, 7) is 2.13. The summed E-state index contributed by atoms with van der Waals surface area (Å²) in [5.41, 5.74) is 1.75. The van der Waals surface area contributed by atoms with E-state index in [0.29, 0.717) is 5.92 Å². The first-order chi connectivity index (χ1) is 6.16. The van der Waals surface area contributed by atoms with Crippen LogP contribution < -0.4 is 0 Å². The summed E-state index contributed by atoms with van der Waals surface area (Å²) in [6.07, 6.45) is 0.274. The Bertz CT molecular complexity index is 307. The molecule has 0 aromatic carbocycles. The molecule has 1 unspecified atom stereocenters. The molecule has 1 aliphatic carbocycles. The van der Waals surface area contributed by atoms with Gasteiger partial charge in [0.15, 0.2) is 5.82 Å². The third-order valence-corrected chi connectivity index (χ3v) is 2.52.